The fourth-order valence-corrected chi connectivity index (χ4v) is 2.23. The Hall–Kier alpha value is -1.71. The van der Waals surface area contributed by atoms with Crippen LogP contribution in [0.5, 0.6) is 0 Å². The van der Waals surface area contributed by atoms with Crippen LogP contribution in [0.3, 0.4) is 0 Å². The zero-order valence-electron chi connectivity index (χ0n) is 10.8. The van der Waals surface area contributed by atoms with E-state index in [1.54, 1.807) is 11.1 Å². The highest BCUT2D eigenvalue weighted by Gasteiger charge is 2.36. The second-order valence-electron chi connectivity index (χ2n) is 5.33. The second kappa shape index (κ2) is 4.88. The first-order valence-electron chi connectivity index (χ1n) is 6.21. The van der Waals surface area contributed by atoms with Gasteiger partial charge in [0.15, 0.2) is 5.78 Å². The molecule has 2 rings (SSSR count). The molecule has 0 bridgehead atoms. The van der Waals surface area contributed by atoms with Gasteiger partial charge in [-0.15, -0.1) is 0 Å². The fourth-order valence-electron chi connectivity index (χ4n) is 2.23. The first-order chi connectivity index (χ1) is 8.49. The van der Waals surface area contributed by atoms with Gasteiger partial charge in [0.05, 0.1) is 13.0 Å². The van der Waals surface area contributed by atoms with Gasteiger partial charge in [-0.2, -0.15) is 0 Å². The van der Waals surface area contributed by atoms with Crippen LogP contribution in [0, 0.1) is 0 Å². The van der Waals surface area contributed by atoms with E-state index >= 15 is 0 Å². The molecule has 18 heavy (non-hydrogen) atoms. The van der Waals surface area contributed by atoms with E-state index in [1.807, 2.05) is 32.0 Å². The Labute approximate surface area is 107 Å². The summed E-state index contributed by atoms with van der Waals surface area (Å²) in [5.74, 6) is 0.121. The molecule has 0 aromatic carbocycles. The molecule has 0 saturated carbocycles. The summed E-state index contributed by atoms with van der Waals surface area (Å²) in [6.07, 6.45) is 3.24. The predicted molar refractivity (Wildman–Crippen MR) is 68.0 cm³/mol. The molecular weight excluding hydrogens is 228 g/mol. The second-order valence-corrected chi connectivity index (χ2v) is 5.33. The third-order valence-corrected chi connectivity index (χ3v) is 3.44. The van der Waals surface area contributed by atoms with Crippen LogP contribution in [0.1, 0.15) is 32.4 Å². The van der Waals surface area contributed by atoms with Crippen molar-refractivity contribution in [1.29, 1.82) is 0 Å². The van der Waals surface area contributed by atoms with Gasteiger partial charge in [-0.1, -0.05) is 6.07 Å². The van der Waals surface area contributed by atoms with E-state index in [1.165, 1.54) is 0 Å². The molecule has 0 unspecified atom stereocenters. The number of ketones is 1. The van der Waals surface area contributed by atoms with Gasteiger partial charge in [-0.3, -0.25) is 14.6 Å². The van der Waals surface area contributed by atoms with Crippen LogP contribution in [-0.2, 0) is 16.0 Å². The molecule has 0 aliphatic carbocycles. The number of nitrogens with zero attached hydrogens (tertiary/aromatic N) is 2. The lowest BCUT2D eigenvalue weighted by Crippen LogP contribution is -2.54. The highest BCUT2D eigenvalue weighted by Crippen LogP contribution is 2.26. The number of hydrogen-bond donors (Lipinski definition) is 0. The summed E-state index contributed by atoms with van der Waals surface area (Å²) in [4.78, 5) is 29.6. The lowest BCUT2D eigenvalue weighted by Gasteiger charge is -2.41. The van der Waals surface area contributed by atoms with Gasteiger partial charge in [0, 0.05) is 23.9 Å². The van der Waals surface area contributed by atoms with Crippen molar-refractivity contribution in [3.05, 3.63) is 30.1 Å². The molecule has 1 aromatic rings. The summed E-state index contributed by atoms with van der Waals surface area (Å²) in [5, 5.41) is 0. The maximum absolute atomic E-state index is 12.3. The van der Waals surface area contributed by atoms with E-state index in [0.29, 0.717) is 6.42 Å². The zero-order valence-corrected chi connectivity index (χ0v) is 10.8. The number of piperidine rings is 1. The molecular formula is C14H18N2O2. The van der Waals surface area contributed by atoms with E-state index in [-0.39, 0.29) is 30.2 Å². The van der Waals surface area contributed by atoms with Gasteiger partial charge in [-0.25, -0.2) is 0 Å². The first kappa shape index (κ1) is 12.7. The predicted octanol–water partition coefficient (Wildman–Crippen LogP) is 1.59. The summed E-state index contributed by atoms with van der Waals surface area (Å²) in [6.45, 7) is 4.25. The van der Waals surface area contributed by atoms with Gasteiger partial charge < -0.3 is 4.90 Å². The van der Waals surface area contributed by atoms with E-state index in [2.05, 4.69) is 4.98 Å². The Bertz CT molecular complexity index is 454. The average Bonchev–Trinajstić information content (AvgIpc) is 2.33. The summed E-state index contributed by atoms with van der Waals surface area (Å²) < 4.78 is 0. The standard InChI is InChI=1S/C14H18N2O2/c1-14(2)7-6-12(17)10-16(14)13(18)9-11-5-3-4-8-15-11/h3-5,8H,6-7,9-10H2,1-2H3. The normalized spacial score (nSPS) is 18.8. The van der Waals surface area contributed by atoms with Crippen molar-refractivity contribution >= 4 is 11.7 Å². The maximum atomic E-state index is 12.3. The highest BCUT2D eigenvalue weighted by molar-refractivity contribution is 5.88. The lowest BCUT2D eigenvalue weighted by molar-refractivity contribution is -0.144. The number of amides is 1. The molecule has 96 valence electrons. The fraction of sp³-hybridized carbons (Fsp3) is 0.500. The van der Waals surface area contributed by atoms with Crippen LogP contribution in [0.2, 0.25) is 0 Å². The summed E-state index contributed by atoms with van der Waals surface area (Å²) in [7, 11) is 0. The van der Waals surface area contributed by atoms with Crippen molar-refractivity contribution in [1.82, 2.24) is 9.88 Å². The van der Waals surface area contributed by atoms with Gasteiger partial charge in [0.2, 0.25) is 5.91 Å². The Balaban J connectivity index is 2.10. The van der Waals surface area contributed by atoms with Gasteiger partial charge in [-0.05, 0) is 32.4 Å². The van der Waals surface area contributed by atoms with E-state index in [4.69, 9.17) is 0 Å². The molecule has 0 radical (unpaired) electrons. The summed E-state index contributed by atoms with van der Waals surface area (Å²) >= 11 is 0. The average molecular weight is 246 g/mol. The minimum absolute atomic E-state index is 0.0215. The number of likely N-dealkylation sites (tertiary alicyclic amines) is 1. The first-order valence-corrected chi connectivity index (χ1v) is 6.21. The van der Waals surface area contributed by atoms with Crippen LogP contribution in [0.25, 0.3) is 0 Å². The van der Waals surface area contributed by atoms with Crippen LogP contribution in [-0.4, -0.2) is 33.7 Å². The molecule has 1 saturated heterocycles. The summed E-state index contributed by atoms with van der Waals surface area (Å²) in [6, 6.07) is 5.51. The molecule has 4 nitrogen and oxygen atoms in total. The SMILES string of the molecule is CC1(C)CCC(=O)CN1C(=O)Cc1ccccn1. The smallest absolute Gasteiger partial charge is 0.229 e. The van der Waals surface area contributed by atoms with Crippen molar-refractivity contribution in [2.45, 2.75) is 38.6 Å². The number of pyridine rings is 1. The number of carbonyl (C=O) groups excluding carboxylic acids is 2. The quantitative estimate of drug-likeness (QED) is 0.796. The van der Waals surface area contributed by atoms with Crippen molar-refractivity contribution in [2.24, 2.45) is 0 Å². The van der Waals surface area contributed by atoms with E-state index in [9.17, 15) is 9.59 Å². The minimum Gasteiger partial charge on any atom is -0.330 e. The molecule has 1 fully saturated rings. The third-order valence-electron chi connectivity index (χ3n) is 3.44. The molecule has 4 heteroatoms. The third kappa shape index (κ3) is 2.75. The summed E-state index contributed by atoms with van der Waals surface area (Å²) in [5.41, 5.74) is 0.510. The van der Waals surface area contributed by atoms with E-state index in [0.717, 1.165) is 12.1 Å². The van der Waals surface area contributed by atoms with Gasteiger partial charge in [0.1, 0.15) is 0 Å². The Morgan fingerprint density at radius 3 is 2.89 bits per heavy atom. The van der Waals surface area contributed by atoms with Crippen LogP contribution >= 0.6 is 0 Å². The van der Waals surface area contributed by atoms with Crippen molar-refractivity contribution in [2.75, 3.05) is 6.54 Å². The van der Waals surface area contributed by atoms with Crippen molar-refractivity contribution in [3.8, 4) is 0 Å². The lowest BCUT2D eigenvalue weighted by atomic mass is 9.89. The molecule has 0 N–H and O–H groups in total. The van der Waals surface area contributed by atoms with E-state index < -0.39 is 0 Å². The number of Topliss-reactive ketones (excluding diaryl/α,β-unsaturated/α-hetero) is 1. The minimum atomic E-state index is -0.236. The molecule has 2 heterocycles. The number of hydrogen-bond acceptors (Lipinski definition) is 3. The molecule has 1 aromatic heterocycles. The zero-order chi connectivity index (χ0) is 13.2. The van der Waals surface area contributed by atoms with Crippen LogP contribution in [0.4, 0.5) is 0 Å². The Kier molecular flexibility index (Phi) is 3.45. The Morgan fingerprint density at radius 2 is 2.22 bits per heavy atom. The maximum Gasteiger partial charge on any atom is 0.229 e. The van der Waals surface area contributed by atoms with Gasteiger partial charge in [0.25, 0.3) is 0 Å². The molecule has 0 spiro atoms. The molecule has 1 aliphatic rings. The number of aromatic nitrogens is 1. The monoisotopic (exact) mass is 246 g/mol. The van der Waals surface area contributed by atoms with Gasteiger partial charge >= 0.3 is 0 Å². The molecule has 1 amide bonds. The largest absolute Gasteiger partial charge is 0.330 e. The highest BCUT2D eigenvalue weighted by atomic mass is 16.2. The van der Waals surface area contributed by atoms with Crippen LogP contribution in [0.15, 0.2) is 24.4 Å². The topological polar surface area (TPSA) is 50.3 Å². The van der Waals surface area contributed by atoms with Crippen molar-refractivity contribution in [3.63, 3.8) is 0 Å². The molecule has 1 aliphatic heterocycles. The molecule has 0 atom stereocenters. The number of carbonyl (C=O) groups is 2. The number of rotatable bonds is 2. The van der Waals surface area contributed by atoms with Crippen molar-refractivity contribution < 1.29 is 9.59 Å². The Morgan fingerprint density at radius 1 is 1.44 bits per heavy atom. The van der Waals surface area contributed by atoms with Crippen LogP contribution < -0.4 is 0 Å².